The number of imide groups is 2. The number of hydrogen-bond donors (Lipinski definition) is 3. The molecule has 0 aliphatic carbocycles. The number of pyridine rings is 1. The van der Waals surface area contributed by atoms with E-state index >= 15 is 0 Å². The van der Waals surface area contributed by atoms with Gasteiger partial charge in [0.1, 0.15) is 17.6 Å². The summed E-state index contributed by atoms with van der Waals surface area (Å²) >= 11 is 0. The number of carbonyl (C=O) groups is 5. The Morgan fingerprint density at radius 3 is 2.27 bits per heavy atom. The van der Waals surface area contributed by atoms with Crippen LogP contribution in [0.3, 0.4) is 0 Å². The first-order valence-electron chi connectivity index (χ1n) is 22.6. The number of carbonyl (C=O) groups excluding carboxylic acids is 5. The van der Waals surface area contributed by atoms with Gasteiger partial charge in [0.05, 0.1) is 28.2 Å². The van der Waals surface area contributed by atoms with E-state index in [-0.39, 0.29) is 47.7 Å². The standard InChI is InChI=1S/C47H53N11O6/c48-44-39(25-37(51-52-44)35-5-1-2-6-40(35)59)56-27-32-9-10-33(28-56)57(32)41-7-3-4-30(49-41)26-53-20-22-55(23-21-53)43(61)15-8-29-16-18-54(19-17-29)31-11-12-34-36(24-31)47(64)58(46(34)63)38-13-14-42(60)50-45(38)62/h1-7,11-12,24-25,29,32-33,38,59H,8-10,13-23,26-28H2,(H2,48,52)(H,50,60,62). The number of piperidine rings is 2. The largest absolute Gasteiger partial charge is 0.507 e. The summed E-state index contributed by atoms with van der Waals surface area (Å²) in [5.74, 6) is 0.141. The summed E-state index contributed by atoms with van der Waals surface area (Å²) in [6, 6.07) is 20.2. The summed E-state index contributed by atoms with van der Waals surface area (Å²) in [6.45, 7) is 6.84. The van der Waals surface area contributed by atoms with Crippen LogP contribution in [0.1, 0.15) is 77.8 Å². The molecule has 3 unspecified atom stereocenters. The fraction of sp³-hybridized carbons (Fsp3) is 0.447. The third kappa shape index (κ3) is 7.97. The van der Waals surface area contributed by atoms with Crippen molar-refractivity contribution < 1.29 is 29.1 Å². The van der Waals surface area contributed by atoms with Crippen LogP contribution >= 0.6 is 0 Å². The minimum Gasteiger partial charge on any atom is -0.507 e. The van der Waals surface area contributed by atoms with E-state index < -0.39 is 29.7 Å². The van der Waals surface area contributed by atoms with Gasteiger partial charge in [0, 0.05) is 95.1 Å². The predicted molar refractivity (Wildman–Crippen MR) is 238 cm³/mol. The lowest BCUT2D eigenvalue weighted by molar-refractivity contribution is -0.136. The third-order valence-corrected chi connectivity index (χ3v) is 14.1. The summed E-state index contributed by atoms with van der Waals surface area (Å²) in [6.07, 6.45) is 5.54. The Kier molecular flexibility index (Phi) is 11.1. The molecule has 5 amide bonds. The van der Waals surface area contributed by atoms with Crippen LogP contribution in [0.25, 0.3) is 11.3 Å². The first kappa shape index (κ1) is 41.4. The SMILES string of the molecule is Nc1nnc(-c2ccccc2O)cc1N1CC2CCC(C1)N2c1cccc(CN2CCN(C(=O)CCC3CCN(c4ccc5c(c4)C(=O)N(C4CCC(=O)NC4=O)C5=O)CC3)CC2)n1. The Bertz CT molecular complexity index is 2490. The number of hydrogen-bond acceptors (Lipinski definition) is 14. The van der Waals surface area contributed by atoms with Gasteiger partial charge in [-0.15, -0.1) is 10.2 Å². The Labute approximate surface area is 371 Å². The number of para-hydroxylation sites is 1. The molecule has 0 saturated carbocycles. The highest BCUT2D eigenvalue weighted by Crippen LogP contribution is 2.39. The molecule has 2 aromatic heterocycles. The molecule has 4 N–H and O–H groups in total. The van der Waals surface area contributed by atoms with Gasteiger partial charge in [0.25, 0.3) is 11.8 Å². The Balaban J connectivity index is 0.677. The van der Waals surface area contributed by atoms with Crippen LogP contribution in [-0.2, 0) is 20.9 Å². The molecular weight excluding hydrogens is 815 g/mol. The minimum atomic E-state index is -0.986. The van der Waals surface area contributed by atoms with Crippen LogP contribution in [0.2, 0.25) is 0 Å². The Morgan fingerprint density at radius 2 is 1.52 bits per heavy atom. The van der Waals surface area contributed by atoms with Crippen LogP contribution in [0, 0.1) is 5.92 Å². The molecule has 2 aromatic carbocycles. The van der Waals surface area contributed by atoms with Crippen molar-refractivity contribution in [1.29, 1.82) is 0 Å². The average Bonchev–Trinajstić information content (AvgIpc) is 3.72. The first-order chi connectivity index (χ1) is 31.1. The predicted octanol–water partition coefficient (Wildman–Crippen LogP) is 3.43. The van der Waals surface area contributed by atoms with E-state index in [0.717, 1.165) is 106 Å². The number of amides is 5. The number of nitrogens with two attached hydrogens (primary N) is 1. The van der Waals surface area contributed by atoms with Gasteiger partial charge in [0.15, 0.2) is 5.82 Å². The zero-order valence-electron chi connectivity index (χ0n) is 35.8. The summed E-state index contributed by atoms with van der Waals surface area (Å²) < 4.78 is 0. The monoisotopic (exact) mass is 867 g/mol. The van der Waals surface area contributed by atoms with Crippen LogP contribution in [0.15, 0.2) is 66.7 Å². The van der Waals surface area contributed by atoms with Gasteiger partial charge in [0.2, 0.25) is 17.7 Å². The van der Waals surface area contributed by atoms with E-state index in [0.29, 0.717) is 42.5 Å². The van der Waals surface area contributed by atoms with Crippen LogP contribution in [0.4, 0.5) is 23.0 Å². The Hall–Kier alpha value is -6.62. The van der Waals surface area contributed by atoms with Gasteiger partial charge >= 0.3 is 0 Å². The van der Waals surface area contributed by atoms with Gasteiger partial charge in [-0.2, -0.15) is 0 Å². The highest BCUT2D eigenvalue weighted by Gasteiger charge is 2.45. The highest BCUT2D eigenvalue weighted by molar-refractivity contribution is 6.23. The molecule has 5 saturated heterocycles. The van der Waals surface area contributed by atoms with E-state index in [1.807, 2.05) is 29.2 Å². The van der Waals surface area contributed by atoms with Gasteiger partial charge in [-0.05, 0) is 93.0 Å². The average molecular weight is 868 g/mol. The topological polar surface area (TPSA) is 202 Å². The lowest BCUT2D eigenvalue weighted by Crippen LogP contribution is -2.54. The van der Waals surface area contributed by atoms with Gasteiger partial charge in [-0.25, -0.2) is 4.98 Å². The quantitative estimate of drug-likeness (QED) is 0.196. The van der Waals surface area contributed by atoms with E-state index in [1.165, 1.54) is 0 Å². The molecule has 0 spiro atoms. The minimum absolute atomic E-state index is 0.0822. The second-order valence-electron chi connectivity index (χ2n) is 18.0. The van der Waals surface area contributed by atoms with Crippen molar-refractivity contribution in [3.05, 3.63) is 83.6 Å². The molecule has 2 bridgehead atoms. The summed E-state index contributed by atoms with van der Waals surface area (Å²) in [4.78, 5) is 81.5. The van der Waals surface area contributed by atoms with Crippen LogP contribution in [-0.4, -0.2) is 135 Å². The molecule has 332 valence electrons. The maximum Gasteiger partial charge on any atom is 0.262 e. The van der Waals surface area contributed by atoms with E-state index in [2.05, 4.69) is 53.3 Å². The van der Waals surface area contributed by atoms with E-state index in [1.54, 1.807) is 24.3 Å². The molecule has 10 rings (SSSR count). The summed E-state index contributed by atoms with van der Waals surface area (Å²) in [7, 11) is 0. The fourth-order valence-electron chi connectivity index (χ4n) is 10.6. The highest BCUT2D eigenvalue weighted by atomic mass is 16.3. The molecule has 8 heterocycles. The fourth-order valence-corrected chi connectivity index (χ4v) is 10.6. The van der Waals surface area contributed by atoms with Gasteiger partial charge in [-0.3, -0.25) is 39.1 Å². The van der Waals surface area contributed by atoms with Crippen molar-refractivity contribution in [2.45, 2.75) is 76.0 Å². The molecule has 5 fully saturated rings. The molecule has 4 aromatic rings. The number of phenols is 1. The molecule has 6 aliphatic heterocycles. The lowest BCUT2D eigenvalue weighted by Gasteiger charge is -2.43. The molecule has 17 nitrogen and oxygen atoms in total. The number of aromatic hydroxyl groups is 1. The number of benzene rings is 2. The number of aromatic nitrogens is 3. The number of fused-ring (bicyclic) bond motifs is 3. The van der Waals surface area contributed by atoms with Crippen molar-refractivity contribution in [3.63, 3.8) is 0 Å². The maximum atomic E-state index is 13.4. The molecule has 0 radical (unpaired) electrons. The third-order valence-electron chi connectivity index (χ3n) is 14.1. The van der Waals surface area contributed by atoms with Crippen LogP contribution in [0.5, 0.6) is 5.75 Å². The van der Waals surface area contributed by atoms with Crippen LogP contribution < -0.4 is 25.8 Å². The van der Waals surface area contributed by atoms with E-state index in [9.17, 15) is 29.1 Å². The second kappa shape index (κ2) is 17.2. The Morgan fingerprint density at radius 1 is 0.766 bits per heavy atom. The first-order valence-corrected chi connectivity index (χ1v) is 22.6. The molecule has 3 atom stereocenters. The van der Waals surface area contributed by atoms with Crippen molar-refractivity contribution in [1.82, 2.24) is 35.2 Å². The zero-order valence-corrected chi connectivity index (χ0v) is 35.8. The zero-order chi connectivity index (χ0) is 44.1. The number of phenolic OH excluding ortho intramolecular Hbond substituents is 1. The summed E-state index contributed by atoms with van der Waals surface area (Å²) in [5, 5.41) is 21.2. The number of anilines is 4. The second-order valence-corrected chi connectivity index (χ2v) is 18.0. The normalized spacial score (nSPS) is 22.9. The molecule has 17 heteroatoms. The van der Waals surface area contributed by atoms with Crippen molar-refractivity contribution in [2.75, 3.05) is 72.8 Å². The number of nitrogens with one attached hydrogen (secondary N) is 1. The number of nitrogen functional groups attached to an aromatic ring is 1. The number of rotatable bonds is 10. The smallest absolute Gasteiger partial charge is 0.262 e. The van der Waals surface area contributed by atoms with Gasteiger partial charge in [-0.1, -0.05) is 18.2 Å². The molecular formula is C47H53N11O6. The maximum absolute atomic E-state index is 13.4. The number of nitrogens with zero attached hydrogens (tertiary/aromatic N) is 9. The van der Waals surface area contributed by atoms with Crippen molar-refractivity contribution in [2.24, 2.45) is 5.92 Å². The molecule has 64 heavy (non-hydrogen) atoms. The van der Waals surface area contributed by atoms with E-state index in [4.69, 9.17) is 10.7 Å². The lowest BCUT2D eigenvalue weighted by atomic mass is 9.91. The van der Waals surface area contributed by atoms with Crippen molar-refractivity contribution in [3.8, 4) is 17.0 Å². The van der Waals surface area contributed by atoms with Gasteiger partial charge < -0.3 is 30.4 Å². The summed E-state index contributed by atoms with van der Waals surface area (Å²) in [5.41, 5.74) is 10.9. The molecule has 6 aliphatic rings. The number of piperazine rings is 2. The van der Waals surface area contributed by atoms with Crippen molar-refractivity contribution >= 4 is 52.5 Å².